The summed E-state index contributed by atoms with van der Waals surface area (Å²) in [6.07, 6.45) is 2.90. The van der Waals surface area contributed by atoms with Gasteiger partial charge in [-0.05, 0) is 24.5 Å². The predicted molar refractivity (Wildman–Crippen MR) is 68.5 cm³/mol. The average molecular weight is 258 g/mol. The Kier molecular flexibility index (Phi) is 6.23. The standard InChI is InChI=1S/C15H21F3/c1-2-3-4-5-6-7-10-13-11-8-9-12-14(13)15(16,17)18/h8-9,11-12H,2-7,10H2,1H3. The number of unbranched alkanes of at least 4 members (excludes halogenated alkanes) is 5. The number of hydrogen-bond donors (Lipinski definition) is 0. The molecule has 0 aliphatic carbocycles. The van der Waals surface area contributed by atoms with Crippen molar-refractivity contribution in [2.75, 3.05) is 0 Å². The van der Waals surface area contributed by atoms with Crippen LogP contribution in [0.1, 0.15) is 56.6 Å². The fraction of sp³-hybridized carbons (Fsp3) is 0.600. The van der Waals surface area contributed by atoms with Gasteiger partial charge in [0, 0.05) is 0 Å². The summed E-state index contributed by atoms with van der Waals surface area (Å²) < 4.78 is 38.2. The van der Waals surface area contributed by atoms with Gasteiger partial charge in [-0.1, -0.05) is 57.2 Å². The molecule has 0 unspecified atom stereocenters. The first-order valence-electron chi connectivity index (χ1n) is 6.70. The van der Waals surface area contributed by atoms with Gasteiger partial charge in [0.15, 0.2) is 0 Å². The first kappa shape index (κ1) is 15.1. The highest BCUT2D eigenvalue weighted by Crippen LogP contribution is 2.32. The topological polar surface area (TPSA) is 0 Å². The average Bonchev–Trinajstić information content (AvgIpc) is 2.33. The van der Waals surface area contributed by atoms with E-state index in [-0.39, 0.29) is 0 Å². The highest BCUT2D eigenvalue weighted by atomic mass is 19.4. The van der Waals surface area contributed by atoms with Crippen LogP contribution in [0.3, 0.4) is 0 Å². The predicted octanol–water partition coefficient (Wildman–Crippen LogP) is 5.61. The molecule has 0 radical (unpaired) electrons. The molecule has 0 spiro atoms. The van der Waals surface area contributed by atoms with Crippen LogP contribution in [0.5, 0.6) is 0 Å². The molecule has 0 amide bonds. The third kappa shape index (κ3) is 5.11. The molecule has 18 heavy (non-hydrogen) atoms. The maximum absolute atomic E-state index is 12.7. The van der Waals surface area contributed by atoms with Crippen molar-refractivity contribution in [3.05, 3.63) is 35.4 Å². The minimum atomic E-state index is -4.22. The Morgan fingerprint density at radius 3 is 2.17 bits per heavy atom. The van der Waals surface area contributed by atoms with Gasteiger partial charge in [-0.2, -0.15) is 13.2 Å². The quantitative estimate of drug-likeness (QED) is 0.558. The lowest BCUT2D eigenvalue weighted by molar-refractivity contribution is -0.138. The van der Waals surface area contributed by atoms with E-state index in [9.17, 15) is 13.2 Å². The van der Waals surface area contributed by atoms with Gasteiger partial charge in [0.25, 0.3) is 0 Å². The lowest BCUT2D eigenvalue weighted by atomic mass is 10.00. The van der Waals surface area contributed by atoms with E-state index in [2.05, 4.69) is 6.92 Å². The van der Waals surface area contributed by atoms with Crippen LogP contribution in [0.25, 0.3) is 0 Å². The van der Waals surface area contributed by atoms with E-state index in [0.717, 1.165) is 19.3 Å². The van der Waals surface area contributed by atoms with Crippen LogP contribution >= 0.6 is 0 Å². The van der Waals surface area contributed by atoms with Crippen LogP contribution in [-0.2, 0) is 12.6 Å². The Bertz CT molecular complexity index is 342. The summed E-state index contributed by atoms with van der Waals surface area (Å²) in [6, 6.07) is 5.90. The van der Waals surface area contributed by atoms with Gasteiger partial charge >= 0.3 is 6.18 Å². The molecule has 0 fully saturated rings. The molecular weight excluding hydrogens is 237 g/mol. The fourth-order valence-corrected chi connectivity index (χ4v) is 2.11. The molecule has 0 aliphatic heterocycles. The first-order chi connectivity index (χ1) is 8.55. The molecule has 0 aromatic heterocycles. The lowest BCUT2D eigenvalue weighted by Gasteiger charge is -2.12. The molecule has 1 rings (SSSR count). The van der Waals surface area contributed by atoms with Crippen molar-refractivity contribution in [2.24, 2.45) is 0 Å². The first-order valence-corrected chi connectivity index (χ1v) is 6.70. The Morgan fingerprint density at radius 2 is 1.50 bits per heavy atom. The normalized spacial score (nSPS) is 11.8. The monoisotopic (exact) mass is 258 g/mol. The maximum atomic E-state index is 12.7. The van der Waals surface area contributed by atoms with E-state index in [1.54, 1.807) is 12.1 Å². The molecule has 0 nitrogen and oxygen atoms in total. The van der Waals surface area contributed by atoms with Crippen LogP contribution in [-0.4, -0.2) is 0 Å². The molecule has 0 heterocycles. The molecule has 0 N–H and O–H groups in total. The van der Waals surface area contributed by atoms with Gasteiger partial charge in [0.1, 0.15) is 0 Å². The van der Waals surface area contributed by atoms with Crippen LogP contribution in [0.15, 0.2) is 24.3 Å². The summed E-state index contributed by atoms with van der Waals surface area (Å²) >= 11 is 0. The molecule has 0 aliphatic rings. The number of halogens is 3. The van der Waals surface area contributed by atoms with Crippen LogP contribution in [0, 0.1) is 0 Å². The molecule has 1 aromatic carbocycles. The summed E-state index contributed by atoms with van der Waals surface area (Å²) in [5.41, 5.74) is -0.0425. The maximum Gasteiger partial charge on any atom is 0.416 e. The van der Waals surface area contributed by atoms with Crippen molar-refractivity contribution in [2.45, 2.75) is 58.0 Å². The zero-order valence-corrected chi connectivity index (χ0v) is 10.9. The number of hydrogen-bond acceptors (Lipinski definition) is 0. The van der Waals surface area contributed by atoms with Gasteiger partial charge in [-0.25, -0.2) is 0 Å². The van der Waals surface area contributed by atoms with E-state index >= 15 is 0 Å². The van der Waals surface area contributed by atoms with Gasteiger partial charge < -0.3 is 0 Å². The Balaban J connectivity index is 2.43. The molecular formula is C15H21F3. The van der Waals surface area contributed by atoms with Crippen molar-refractivity contribution in [3.8, 4) is 0 Å². The second kappa shape index (κ2) is 7.45. The lowest BCUT2D eigenvalue weighted by Crippen LogP contribution is -2.08. The highest BCUT2D eigenvalue weighted by molar-refractivity contribution is 5.29. The number of benzene rings is 1. The summed E-state index contributed by atoms with van der Waals surface area (Å²) in [5.74, 6) is 0. The van der Waals surface area contributed by atoms with E-state index in [1.807, 2.05) is 0 Å². The Labute approximate surface area is 107 Å². The SMILES string of the molecule is CCCCCCCCc1ccccc1C(F)(F)F. The summed E-state index contributed by atoms with van der Waals surface area (Å²) in [7, 11) is 0. The summed E-state index contributed by atoms with van der Waals surface area (Å²) in [5, 5.41) is 0. The number of rotatable bonds is 7. The minimum Gasteiger partial charge on any atom is -0.166 e. The third-order valence-electron chi connectivity index (χ3n) is 3.12. The Hall–Kier alpha value is -0.990. The van der Waals surface area contributed by atoms with Crippen LogP contribution < -0.4 is 0 Å². The van der Waals surface area contributed by atoms with E-state index < -0.39 is 11.7 Å². The van der Waals surface area contributed by atoms with E-state index in [0.29, 0.717) is 12.0 Å². The zero-order valence-electron chi connectivity index (χ0n) is 10.9. The summed E-state index contributed by atoms with van der Waals surface area (Å²) in [4.78, 5) is 0. The molecule has 0 bridgehead atoms. The molecule has 1 aromatic rings. The number of alkyl halides is 3. The van der Waals surface area contributed by atoms with Gasteiger partial charge in [-0.15, -0.1) is 0 Å². The number of aryl methyl sites for hydroxylation is 1. The molecule has 0 saturated heterocycles. The highest BCUT2D eigenvalue weighted by Gasteiger charge is 2.32. The third-order valence-corrected chi connectivity index (χ3v) is 3.12. The second-order valence-corrected chi connectivity index (χ2v) is 4.67. The van der Waals surface area contributed by atoms with Gasteiger partial charge in [0.2, 0.25) is 0 Å². The summed E-state index contributed by atoms with van der Waals surface area (Å²) in [6.45, 7) is 2.15. The van der Waals surface area contributed by atoms with Crippen LogP contribution in [0.4, 0.5) is 13.2 Å². The van der Waals surface area contributed by atoms with Gasteiger partial charge in [-0.3, -0.25) is 0 Å². The second-order valence-electron chi connectivity index (χ2n) is 4.67. The van der Waals surface area contributed by atoms with Gasteiger partial charge in [0.05, 0.1) is 5.56 Å². The largest absolute Gasteiger partial charge is 0.416 e. The molecule has 0 atom stereocenters. The minimum absolute atomic E-state index is 0.431. The molecule has 3 heteroatoms. The van der Waals surface area contributed by atoms with Crippen LogP contribution in [0.2, 0.25) is 0 Å². The fourth-order valence-electron chi connectivity index (χ4n) is 2.11. The van der Waals surface area contributed by atoms with Crippen molar-refractivity contribution in [1.29, 1.82) is 0 Å². The van der Waals surface area contributed by atoms with Crippen molar-refractivity contribution in [3.63, 3.8) is 0 Å². The zero-order chi connectivity index (χ0) is 13.4. The van der Waals surface area contributed by atoms with Crippen molar-refractivity contribution in [1.82, 2.24) is 0 Å². The van der Waals surface area contributed by atoms with E-state index in [1.165, 1.54) is 31.4 Å². The smallest absolute Gasteiger partial charge is 0.166 e. The van der Waals surface area contributed by atoms with E-state index in [4.69, 9.17) is 0 Å². The molecule has 102 valence electrons. The van der Waals surface area contributed by atoms with Crippen molar-refractivity contribution >= 4 is 0 Å². The van der Waals surface area contributed by atoms with Crippen molar-refractivity contribution < 1.29 is 13.2 Å². The molecule has 0 saturated carbocycles. The Morgan fingerprint density at radius 1 is 0.889 bits per heavy atom.